The van der Waals surface area contributed by atoms with Crippen LogP contribution >= 0.6 is 11.3 Å². The van der Waals surface area contributed by atoms with Gasteiger partial charge in [0.15, 0.2) is 5.76 Å². The highest BCUT2D eigenvalue weighted by atomic mass is 32.1. The van der Waals surface area contributed by atoms with Crippen molar-refractivity contribution in [2.45, 2.75) is 20.8 Å². The maximum Gasteiger partial charge on any atom is 0.291 e. The Morgan fingerprint density at radius 1 is 0.941 bits per heavy atom. The zero-order valence-corrected chi connectivity index (χ0v) is 20.3. The molecule has 178 valence electrons. The monoisotopic (exact) mass is 480 g/mol. The van der Waals surface area contributed by atoms with Crippen LogP contribution in [-0.2, 0) is 4.79 Å². The molecular weight excluding hydrogens is 452 g/mol. The molecule has 1 saturated heterocycles. The molecule has 4 rings (SSSR count). The predicted molar refractivity (Wildman–Crippen MR) is 133 cm³/mol. The maximum atomic E-state index is 13.1. The van der Waals surface area contributed by atoms with Crippen LogP contribution in [0.2, 0.25) is 0 Å². The molecule has 3 amide bonds. The van der Waals surface area contributed by atoms with Crippen molar-refractivity contribution in [3.63, 3.8) is 0 Å². The number of piperazine rings is 1. The van der Waals surface area contributed by atoms with Gasteiger partial charge >= 0.3 is 0 Å². The number of carbonyl (C=O) groups is 3. The van der Waals surface area contributed by atoms with Gasteiger partial charge in [0.2, 0.25) is 5.91 Å². The second-order valence-corrected chi connectivity index (χ2v) is 9.49. The lowest BCUT2D eigenvalue weighted by molar-refractivity contribution is -0.117. The number of hydrogen-bond acceptors (Lipinski definition) is 6. The van der Waals surface area contributed by atoms with Gasteiger partial charge in [-0.25, -0.2) is 0 Å². The summed E-state index contributed by atoms with van der Waals surface area (Å²) in [6.07, 6.45) is 1.44. The summed E-state index contributed by atoms with van der Waals surface area (Å²) in [5, 5.41) is 6.40. The fraction of sp³-hybridized carbons (Fsp3) is 0.320. The van der Waals surface area contributed by atoms with Gasteiger partial charge in [0.05, 0.1) is 22.7 Å². The van der Waals surface area contributed by atoms with Crippen molar-refractivity contribution < 1.29 is 18.8 Å². The van der Waals surface area contributed by atoms with E-state index >= 15 is 0 Å². The quantitative estimate of drug-likeness (QED) is 0.558. The Kier molecular flexibility index (Phi) is 7.14. The van der Waals surface area contributed by atoms with E-state index < -0.39 is 0 Å². The molecule has 0 spiro atoms. The number of rotatable bonds is 6. The Labute approximate surface area is 202 Å². The number of thiophene rings is 1. The average Bonchev–Trinajstić information content (AvgIpc) is 3.46. The van der Waals surface area contributed by atoms with Gasteiger partial charge in [0.1, 0.15) is 0 Å². The summed E-state index contributed by atoms with van der Waals surface area (Å²) in [6, 6.07) is 11.0. The molecule has 1 aliphatic rings. The zero-order valence-electron chi connectivity index (χ0n) is 19.5. The molecule has 34 heavy (non-hydrogen) atoms. The number of hydrogen-bond donors (Lipinski definition) is 2. The van der Waals surface area contributed by atoms with E-state index in [4.69, 9.17) is 4.42 Å². The van der Waals surface area contributed by atoms with E-state index in [0.29, 0.717) is 36.1 Å². The Bertz CT molecular complexity index is 1170. The molecule has 1 fully saturated rings. The number of nitrogens with one attached hydrogen (secondary N) is 2. The third kappa shape index (κ3) is 5.37. The lowest BCUT2D eigenvalue weighted by Gasteiger charge is -2.34. The number of aryl methyl sites for hydroxylation is 3. The topological polar surface area (TPSA) is 94.9 Å². The predicted octanol–water partition coefficient (Wildman–Crippen LogP) is 3.92. The fourth-order valence-electron chi connectivity index (χ4n) is 3.98. The standard InChI is InChI=1S/C25H28N4O4S/c1-16-6-4-7-17(2)22(16)26-20(30)15-28-9-11-29(12-10-28)25(32)23-18(3)14-21(34-23)27-24(31)19-8-5-13-33-19/h4-8,13-14H,9-12,15H2,1-3H3,(H,26,30)(H,27,31). The van der Waals surface area contributed by atoms with Crippen molar-refractivity contribution >= 4 is 39.7 Å². The summed E-state index contributed by atoms with van der Waals surface area (Å²) in [6.45, 7) is 8.44. The normalized spacial score (nSPS) is 14.1. The third-order valence-corrected chi connectivity index (χ3v) is 7.01. The second kappa shape index (κ2) is 10.2. The maximum absolute atomic E-state index is 13.1. The summed E-state index contributed by atoms with van der Waals surface area (Å²) < 4.78 is 5.11. The van der Waals surface area contributed by atoms with Crippen molar-refractivity contribution in [1.82, 2.24) is 9.80 Å². The Hall–Kier alpha value is -3.43. The van der Waals surface area contributed by atoms with Crippen molar-refractivity contribution in [2.75, 3.05) is 43.4 Å². The van der Waals surface area contributed by atoms with Gasteiger partial charge in [-0.3, -0.25) is 19.3 Å². The van der Waals surface area contributed by atoms with Gasteiger partial charge in [-0.15, -0.1) is 11.3 Å². The summed E-state index contributed by atoms with van der Waals surface area (Å²) in [5.74, 6) is -0.237. The molecule has 2 aromatic heterocycles. The van der Waals surface area contributed by atoms with Crippen LogP contribution in [0.3, 0.4) is 0 Å². The highest BCUT2D eigenvalue weighted by Crippen LogP contribution is 2.29. The van der Waals surface area contributed by atoms with Crippen LogP contribution in [0.25, 0.3) is 0 Å². The van der Waals surface area contributed by atoms with Crippen molar-refractivity contribution in [1.29, 1.82) is 0 Å². The van der Waals surface area contributed by atoms with Crippen LogP contribution in [0.4, 0.5) is 10.7 Å². The van der Waals surface area contributed by atoms with Crippen LogP contribution < -0.4 is 10.6 Å². The third-order valence-electron chi connectivity index (χ3n) is 5.87. The average molecular weight is 481 g/mol. The van der Waals surface area contributed by atoms with Crippen LogP contribution in [0, 0.1) is 20.8 Å². The smallest absolute Gasteiger partial charge is 0.291 e. The Morgan fingerprint density at radius 2 is 1.65 bits per heavy atom. The summed E-state index contributed by atoms with van der Waals surface area (Å²) in [5.41, 5.74) is 3.76. The van der Waals surface area contributed by atoms with Gasteiger partial charge in [0.25, 0.3) is 11.8 Å². The number of nitrogens with zero attached hydrogens (tertiary/aromatic N) is 2. The number of furan rings is 1. The first-order chi connectivity index (χ1) is 16.3. The lowest BCUT2D eigenvalue weighted by atomic mass is 10.1. The van der Waals surface area contributed by atoms with Crippen molar-refractivity contribution in [2.24, 2.45) is 0 Å². The number of benzene rings is 1. The van der Waals surface area contributed by atoms with E-state index in [1.54, 1.807) is 23.1 Å². The molecule has 0 bridgehead atoms. The van der Waals surface area contributed by atoms with E-state index in [2.05, 4.69) is 15.5 Å². The highest BCUT2D eigenvalue weighted by molar-refractivity contribution is 7.18. The largest absolute Gasteiger partial charge is 0.459 e. The number of amides is 3. The lowest BCUT2D eigenvalue weighted by Crippen LogP contribution is -2.50. The molecule has 0 unspecified atom stereocenters. The molecule has 3 aromatic rings. The fourth-order valence-corrected chi connectivity index (χ4v) is 5.02. The first-order valence-corrected chi connectivity index (χ1v) is 12.0. The SMILES string of the molecule is Cc1cc(NC(=O)c2ccco2)sc1C(=O)N1CCN(CC(=O)Nc2c(C)cccc2C)CC1. The van der Waals surface area contributed by atoms with Crippen LogP contribution in [0.1, 0.15) is 36.9 Å². The van der Waals surface area contributed by atoms with E-state index in [1.807, 2.05) is 39.0 Å². The molecule has 0 radical (unpaired) electrons. The van der Waals surface area contributed by atoms with Gasteiger partial charge < -0.3 is 20.0 Å². The molecule has 1 aliphatic heterocycles. The van der Waals surface area contributed by atoms with E-state index in [9.17, 15) is 14.4 Å². The molecule has 0 atom stereocenters. The van der Waals surface area contributed by atoms with Crippen LogP contribution in [0.5, 0.6) is 0 Å². The second-order valence-electron chi connectivity index (χ2n) is 8.44. The molecule has 2 N–H and O–H groups in total. The Balaban J connectivity index is 1.30. The molecule has 3 heterocycles. The van der Waals surface area contributed by atoms with Crippen molar-refractivity contribution in [3.05, 3.63) is 70.0 Å². The van der Waals surface area contributed by atoms with Crippen molar-refractivity contribution in [3.8, 4) is 0 Å². The first kappa shape index (κ1) is 23.7. The molecule has 8 nitrogen and oxygen atoms in total. The number of carbonyl (C=O) groups excluding carboxylic acids is 3. The minimum atomic E-state index is -0.349. The molecule has 0 aliphatic carbocycles. The zero-order chi connectivity index (χ0) is 24.2. The van der Waals surface area contributed by atoms with Crippen LogP contribution in [0.15, 0.2) is 47.1 Å². The van der Waals surface area contributed by atoms with E-state index in [0.717, 1.165) is 22.4 Å². The van der Waals surface area contributed by atoms with Crippen LogP contribution in [-0.4, -0.2) is 60.2 Å². The molecule has 1 aromatic carbocycles. The summed E-state index contributed by atoms with van der Waals surface area (Å²) in [7, 11) is 0. The summed E-state index contributed by atoms with van der Waals surface area (Å²) >= 11 is 1.26. The number of para-hydroxylation sites is 1. The molecular formula is C25H28N4O4S. The first-order valence-electron chi connectivity index (χ1n) is 11.1. The van der Waals surface area contributed by atoms with E-state index in [1.165, 1.54) is 17.6 Å². The van der Waals surface area contributed by atoms with Gasteiger partial charge in [-0.2, -0.15) is 0 Å². The minimum Gasteiger partial charge on any atom is -0.459 e. The van der Waals surface area contributed by atoms with Gasteiger partial charge in [-0.1, -0.05) is 18.2 Å². The summed E-state index contributed by atoms with van der Waals surface area (Å²) in [4.78, 5) is 42.4. The number of anilines is 2. The Morgan fingerprint density at radius 3 is 2.29 bits per heavy atom. The minimum absolute atomic E-state index is 0.0526. The van der Waals surface area contributed by atoms with E-state index in [-0.39, 0.29) is 30.0 Å². The van der Waals surface area contributed by atoms with Gasteiger partial charge in [-0.05, 0) is 55.7 Å². The highest BCUT2D eigenvalue weighted by Gasteiger charge is 2.26. The van der Waals surface area contributed by atoms with Gasteiger partial charge in [0, 0.05) is 31.9 Å². The molecule has 0 saturated carbocycles. The molecule has 9 heteroatoms.